The van der Waals surface area contributed by atoms with E-state index in [2.05, 4.69) is 15.6 Å². The Kier molecular flexibility index (Phi) is 9.34. The molecule has 0 saturated heterocycles. The molecule has 0 aliphatic heterocycles. The van der Waals surface area contributed by atoms with Crippen molar-refractivity contribution in [3.8, 4) is 5.75 Å². The maximum Gasteiger partial charge on any atom is 0.338 e. The molecule has 10 heteroatoms. The van der Waals surface area contributed by atoms with Crippen LogP contribution in [0.25, 0.3) is 11.0 Å². The van der Waals surface area contributed by atoms with Gasteiger partial charge in [0.2, 0.25) is 5.91 Å². The molecule has 0 bridgehead atoms. The first kappa shape index (κ1) is 29.8. The molecule has 5 rings (SSSR count). The minimum atomic E-state index is -1.05. The fourth-order valence-corrected chi connectivity index (χ4v) is 5.61. The van der Waals surface area contributed by atoms with E-state index in [-0.39, 0.29) is 24.1 Å². The van der Waals surface area contributed by atoms with Crippen LogP contribution in [-0.2, 0) is 14.3 Å². The van der Waals surface area contributed by atoms with Gasteiger partial charge < -0.3 is 14.8 Å². The van der Waals surface area contributed by atoms with Gasteiger partial charge in [0, 0.05) is 11.7 Å². The van der Waals surface area contributed by atoms with E-state index in [4.69, 9.17) is 9.47 Å². The fraction of sp³-hybridized carbons (Fsp3) is 0.364. The standard InChI is InChI=1S/C33H37N5O5/c1-4-43-33(41)24-11-10-14-26(21-24)37(32(40)22(2)38-29-16-9-8-15-28(29)35-36-38)30(23-17-19-27(42-3)20-18-23)31(39)34-25-12-6-5-7-13-25/h8-11,14-22,25,30H,4-7,12-13H2,1-3H3,(H,34,39)/t22-,30-/m1/s1. The third-order valence-electron chi connectivity index (χ3n) is 7.86. The average Bonchev–Trinajstić information content (AvgIpc) is 3.48. The van der Waals surface area contributed by atoms with Crippen LogP contribution in [0.3, 0.4) is 0 Å². The topological polar surface area (TPSA) is 116 Å². The van der Waals surface area contributed by atoms with Crippen molar-refractivity contribution in [2.24, 2.45) is 0 Å². The van der Waals surface area contributed by atoms with Crippen molar-refractivity contribution in [3.63, 3.8) is 0 Å². The lowest BCUT2D eigenvalue weighted by Crippen LogP contribution is -2.49. The number of nitrogens with zero attached hydrogens (tertiary/aromatic N) is 4. The summed E-state index contributed by atoms with van der Waals surface area (Å²) in [7, 11) is 1.57. The predicted molar refractivity (Wildman–Crippen MR) is 163 cm³/mol. The lowest BCUT2D eigenvalue weighted by molar-refractivity contribution is -0.128. The molecule has 43 heavy (non-hydrogen) atoms. The van der Waals surface area contributed by atoms with Crippen molar-refractivity contribution in [3.05, 3.63) is 83.9 Å². The summed E-state index contributed by atoms with van der Waals surface area (Å²) in [5.74, 6) is -0.585. The number of fused-ring (bicyclic) bond motifs is 1. The van der Waals surface area contributed by atoms with Crippen LogP contribution in [-0.4, -0.2) is 52.5 Å². The van der Waals surface area contributed by atoms with Gasteiger partial charge in [-0.05, 0) is 74.7 Å². The Balaban J connectivity index is 1.63. The summed E-state index contributed by atoms with van der Waals surface area (Å²) in [6.07, 6.45) is 4.99. The van der Waals surface area contributed by atoms with Crippen molar-refractivity contribution in [2.45, 2.75) is 64.1 Å². The minimum Gasteiger partial charge on any atom is -0.497 e. The molecule has 10 nitrogen and oxygen atoms in total. The lowest BCUT2D eigenvalue weighted by atomic mass is 9.94. The monoisotopic (exact) mass is 583 g/mol. The third-order valence-corrected chi connectivity index (χ3v) is 7.86. The highest BCUT2D eigenvalue weighted by atomic mass is 16.5. The highest BCUT2D eigenvalue weighted by Gasteiger charge is 2.37. The summed E-state index contributed by atoms with van der Waals surface area (Å²) in [5.41, 5.74) is 2.60. The van der Waals surface area contributed by atoms with Gasteiger partial charge >= 0.3 is 5.97 Å². The van der Waals surface area contributed by atoms with Gasteiger partial charge in [0.25, 0.3) is 5.91 Å². The van der Waals surface area contributed by atoms with Crippen LogP contribution in [0.2, 0.25) is 0 Å². The second-order valence-corrected chi connectivity index (χ2v) is 10.7. The summed E-state index contributed by atoms with van der Waals surface area (Å²) < 4.78 is 12.2. The lowest BCUT2D eigenvalue weighted by Gasteiger charge is -2.35. The SMILES string of the molecule is CCOC(=O)c1cccc(N(C(=O)[C@@H](C)n2nnc3ccccc32)[C@@H](C(=O)NC2CCCCC2)c2ccc(OC)cc2)c1. The average molecular weight is 584 g/mol. The van der Waals surface area contributed by atoms with E-state index in [0.29, 0.717) is 28.0 Å². The number of esters is 1. The number of hydrogen-bond acceptors (Lipinski definition) is 7. The van der Waals surface area contributed by atoms with Crippen LogP contribution in [0.1, 0.15) is 74.0 Å². The Hall–Kier alpha value is -4.73. The minimum absolute atomic E-state index is 0.0153. The van der Waals surface area contributed by atoms with Gasteiger partial charge in [-0.3, -0.25) is 14.5 Å². The van der Waals surface area contributed by atoms with Gasteiger partial charge in [0.15, 0.2) is 0 Å². The number of hydrogen-bond donors (Lipinski definition) is 1. The molecular formula is C33H37N5O5. The summed E-state index contributed by atoms with van der Waals surface area (Å²) in [4.78, 5) is 43.1. The van der Waals surface area contributed by atoms with Gasteiger partial charge in [-0.2, -0.15) is 0 Å². The number of carbonyl (C=O) groups excluding carboxylic acids is 3. The summed E-state index contributed by atoms with van der Waals surface area (Å²) in [5, 5.41) is 11.7. The van der Waals surface area contributed by atoms with E-state index in [1.54, 1.807) is 74.2 Å². The van der Waals surface area contributed by atoms with Crippen LogP contribution < -0.4 is 15.0 Å². The zero-order chi connectivity index (χ0) is 30.3. The molecule has 1 aliphatic carbocycles. The molecule has 1 fully saturated rings. The zero-order valence-corrected chi connectivity index (χ0v) is 24.7. The first-order chi connectivity index (χ1) is 20.9. The number of rotatable bonds is 10. The second-order valence-electron chi connectivity index (χ2n) is 10.7. The molecule has 1 saturated carbocycles. The zero-order valence-electron chi connectivity index (χ0n) is 24.7. The molecule has 1 N–H and O–H groups in total. The van der Waals surface area contributed by atoms with Crippen LogP contribution in [0.5, 0.6) is 5.75 Å². The number of ether oxygens (including phenoxy) is 2. The fourth-order valence-electron chi connectivity index (χ4n) is 5.61. The molecule has 4 aromatic rings. The third kappa shape index (κ3) is 6.53. The predicted octanol–water partition coefficient (Wildman–Crippen LogP) is 5.40. The molecule has 3 aromatic carbocycles. The number of carbonyl (C=O) groups is 3. The Morgan fingerprint density at radius 3 is 2.47 bits per heavy atom. The Morgan fingerprint density at radius 1 is 1.00 bits per heavy atom. The molecule has 2 atom stereocenters. The molecule has 224 valence electrons. The summed E-state index contributed by atoms with van der Waals surface area (Å²) in [6, 6.07) is 19.3. The van der Waals surface area contributed by atoms with Gasteiger partial charge in [0.1, 0.15) is 23.3 Å². The number of methoxy groups -OCH3 is 1. The van der Waals surface area contributed by atoms with Gasteiger partial charge in [-0.25, -0.2) is 9.48 Å². The Morgan fingerprint density at radius 2 is 1.74 bits per heavy atom. The maximum atomic E-state index is 14.6. The number of aromatic nitrogens is 3. The highest BCUT2D eigenvalue weighted by Crippen LogP contribution is 2.33. The molecule has 0 radical (unpaired) electrons. The number of para-hydroxylation sites is 1. The molecule has 1 heterocycles. The normalized spacial score (nSPS) is 15.0. The van der Waals surface area contributed by atoms with Gasteiger partial charge in [0.05, 0.1) is 24.8 Å². The van der Waals surface area contributed by atoms with Crippen molar-refractivity contribution in [1.29, 1.82) is 0 Å². The smallest absolute Gasteiger partial charge is 0.338 e. The molecule has 0 unspecified atom stereocenters. The van der Waals surface area contributed by atoms with Crippen LogP contribution in [0.4, 0.5) is 5.69 Å². The van der Waals surface area contributed by atoms with Crippen molar-refractivity contribution >= 4 is 34.5 Å². The first-order valence-electron chi connectivity index (χ1n) is 14.8. The Bertz CT molecular complexity index is 1580. The molecule has 0 spiro atoms. The number of anilines is 1. The van der Waals surface area contributed by atoms with E-state index in [1.165, 1.54) is 4.90 Å². The van der Waals surface area contributed by atoms with Crippen molar-refractivity contribution in [2.75, 3.05) is 18.6 Å². The van der Waals surface area contributed by atoms with E-state index in [0.717, 1.165) is 32.1 Å². The maximum absolute atomic E-state index is 14.6. The van der Waals surface area contributed by atoms with E-state index >= 15 is 0 Å². The summed E-state index contributed by atoms with van der Waals surface area (Å²) in [6.45, 7) is 3.67. The molecule has 2 amide bonds. The second kappa shape index (κ2) is 13.5. The van der Waals surface area contributed by atoms with Crippen molar-refractivity contribution in [1.82, 2.24) is 20.3 Å². The van der Waals surface area contributed by atoms with Crippen LogP contribution in [0.15, 0.2) is 72.8 Å². The molecule has 1 aromatic heterocycles. The molecule has 1 aliphatic rings. The largest absolute Gasteiger partial charge is 0.497 e. The van der Waals surface area contributed by atoms with Crippen LogP contribution in [0, 0.1) is 0 Å². The quantitative estimate of drug-likeness (QED) is 0.249. The number of nitrogens with one attached hydrogen (secondary N) is 1. The summed E-state index contributed by atoms with van der Waals surface area (Å²) >= 11 is 0. The van der Waals surface area contributed by atoms with Crippen molar-refractivity contribution < 1.29 is 23.9 Å². The van der Waals surface area contributed by atoms with Gasteiger partial charge in [-0.15, -0.1) is 5.10 Å². The molecular weight excluding hydrogens is 546 g/mol. The Labute approximate surface area is 251 Å². The van der Waals surface area contributed by atoms with Crippen LogP contribution >= 0.6 is 0 Å². The van der Waals surface area contributed by atoms with E-state index in [9.17, 15) is 14.4 Å². The number of amides is 2. The van der Waals surface area contributed by atoms with E-state index < -0.39 is 24.0 Å². The van der Waals surface area contributed by atoms with Gasteiger partial charge in [-0.1, -0.05) is 54.8 Å². The van der Waals surface area contributed by atoms with E-state index in [1.807, 2.05) is 24.3 Å². The first-order valence-corrected chi connectivity index (χ1v) is 14.8. The highest BCUT2D eigenvalue weighted by molar-refractivity contribution is 6.04. The number of benzene rings is 3.